The zero-order chi connectivity index (χ0) is 14.8. The minimum Gasteiger partial charge on any atom is -0.495 e. The first-order valence-electron chi connectivity index (χ1n) is 6.61. The van der Waals surface area contributed by atoms with Gasteiger partial charge in [-0.25, -0.2) is 4.98 Å². The minimum atomic E-state index is -0.133. The maximum atomic E-state index is 6.29. The lowest BCUT2D eigenvalue weighted by atomic mass is 10.1. The summed E-state index contributed by atoms with van der Waals surface area (Å²) in [5.41, 5.74) is 8.36. The molecule has 21 heavy (non-hydrogen) atoms. The third-order valence-electron chi connectivity index (χ3n) is 3.30. The van der Waals surface area contributed by atoms with Crippen LogP contribution in [0.2, 0.25) is 5.02 Å². The summed E-state index contributed by atoms with van der Waals surface area (Å²) in [6.07, 6.45) is 0.698. The van der Waals surface area contributed by atoms with Crippen LogP contribution in [0.1, 0.15) is 16.6 Å². The summed E-state index contributed by atoms with van der Waals surface area (Å²) in [6, 6.07) is 13.7. The predicted molar refractivity (Wildman–Crippen MR) is 88.3 cm³/mol. The van der Waals surface area contributed by atoms with Crippen LogP contribution in [0.5, 0.6) is 5.75 Å². The standard InChI is InChI=1S/C16H15ClN2OS/c1-20-14-7-6-10(8-11(14)17)9-12(18)16-19-13-4-2-3-5-15(13)21-16/h2-8,12H,9,18H2,1H3. The topological polar surface area (TPSA) is 48.1 Å². The molecular weight excluding hydrogens is 304 g/mol. The number of hydrogen-bond donors (Lipinski definition) is 1. The molecule has 5 heteroatoms. The SMILES string of the molecule is COc1ccc(CC(N)c2nc3ccccc3s2)cc1Cl. The average Bonchev–Trinajstić information content (AvgIpc) is 2.91. The molecule has 2 N–H and O–H groups in total. The van der Waals surface area contributed by atoms with Gasteiger partial charge in [0, 0.05) is 0 Å². The molecule has 1 heterocycles. The van der Waals surface area contributed by atoms with Crippen molar-refractivity contribution in [2.75, 3.05) is 7.11 Å². The van der Waals surface area contributed by atoms with E-state index in [2.05, 4.69) is 11.1 Å². The highest BCUT2D eigenvalue weighted by molar-refractivity contribution is 7.18. The number of halogens is 1. The maximum absolute atomic E-state index is 6.29. The first-order valence-corrected chi connectivity index (χ1v) is 7.80. The number of hydrogen-bond acceptors (Lipinski definition) is 4. The van der Waals surface area contributed by atoms with Crippen LogP contribution in [0.15, 0.2) is 42.5 Å². The van der Waals surface area contributed by atoms with E-state index in [1.807, 2.05) is 36.4 Å². The molecule has 0 aliphatic heterocycles. The van der Waals surface area contributed by atoms with Crippen LogP contribution in [-0.4, -0.2) is 12.1 Å². The molecule has 0 aliphatic rings. The van der Waals surface area contributed by atoms with Gasteiger partial charge in [0.2, 0.25) is 0 Å². The lowest BCUT2D eigenvalue weighted by Crippen LogP contribution is -2.13. The molecule has 0 amide bonds. The molecule has 0 bridgehead atoms. The second kappa shape index (κ2) is 6.02. The third kappa shape index (κ3) is 3.02. The summed E-state index contributed by atoms with van der Waals surface area (Å²) in [5.74, 6) is 0.675. The van der Waals surface area contributed by atoms with Crippen molar-refractivity contribution in [3.8, 4) is 5.75 Å². The summed E-state index contributed by atoms with van der Waals surface area (Å²) in [4.78, 5) is 4.60. The molecule has 1 atom stereocenters. The van der Waals surface area contributed by atoms with Crippen molar-refractivity contribution < 1.29 is 4.74 Å². The summed E-state index contributed by atoms with van der Waals surface area (Å²) < 4.78 is 6.32. The molecular formula is C16H15ClN2OS. The quantitative estimate of drug-likeness (QED) is 0.784. The first-order chi connectivity index (χ1) is 10.2. The number of methoxy groups -OCH3 is 1. The highest BCUT2D eigenvalue weighted by Gasteiger charge is 2.13. The Morgan fingerprint density at radius 2 is 2.10 bits per heavy atom. The van der Waals surface area contributed by atoms with E-state index in [0.717, 1.165) is 20.8 Å². The number of nitrogens with zero attached hydrogens (tertiary/aromatic N) is 1. The largest absolute Gasteiger partial charge is 0.495 e. The van der Waals surface area contributed by atoms with Gasteiger partial charge in [0.05, 0.1) is 28.4 Å². The number of fused-ring (bicyclic) bond motifs is 1. The van der Waals surface area contributed by atoms with Crippen LogP contribution in [0.3, 0.4) is 0 Å². The maximum Gasteiger partial charge on any atom is 0.137 e. The van der Waals surface area contributed by atoms with E-state index in [4.69, 9.17) is 22.1 Å². The van der Waals surface area contributed by atoms with E-state index >= 15 is 0 Å². The highest BCUT2D eigenvalue weighted by Crippen LogP contribution is 2.29. The van der Waals surface area contributed by atoms with Gasteiger partial charge >= 0.3 is 0 Å². The van der Waals surface area contributed by atoms with Crippen LogP contribution < -0.4 is 10.5 Å². The van der Waals surface area contributed by atoms with Crippen molar-refractivity contribution in [3.63, 3.8) is 0 Å². The van der Waals surface area contributed by atoms with E-state index in [0.29, 0.717) is 17.2 Å². The Bertz CT molecular complexity index is 739. The Labute approximate surface area is 132 Å². The Hall–Kier alpha value is -1.62. The molecule has 3 rings (SSSR count). The Morgan fingerprint density at radius 3 is 2.81 bits per heavy atom. The smallest absolute Gasteiger partial charge is 0.137 e. The van der Waals surface area contributed by atoms with Gasteiger partial charge < -0.3 is 10.5 Å². The van der Waals surface area contributed by atoms with Gasteiger partial charge in [0.1, 0.15) is 10.8 Å². The normalized spacial score (nSPS) is 12.5. The van der Waals surface area contributed by atoms with Gasteiger partial charge in [0.15, 0.2) is 0 Å². The summed E-state index contributed by atoms with van der Waals surface area (Å²) >= 11 is 7.79. The lowest BCUT2D eigenvalue weighted by Gasteiger charge is -2.10. The molecule has 3 nitrogen and oxygen atoms in total. The zero-order valence-corrected chi connectivity index (χ0v) is 13.1. The van der Waals surface area contributed by atoms with Crippen molar-refractivity contribution >= 4 is 33.2 Å². The molecule has 0 aliphatic carbocycles. The Kier molecular flexibility index (Phi) is 4.10. The van der Waals surface area contributed by atoms with Gasteiger partial charge in [-0.2, -0.15) is 0 Å². The van der Waals surface area contributed by atoms with Crippen LogP contribution in [0.4, 0.5) is 0 Å². The predicted octanol–water partition coefficient (Wildman–Crippen LogP) is 4.20. The molecule has 0 spiro atoms. The fourth-order valence-electron chi connectivity index (χ4n) is 2.23. The van der Waals surface area contributed by atoms with E-state index in [-0.39, 0.29) is 6.04 Å². The third-order valence-corrected chi connectivity index (χ3v) is 4.76. The number of thiazole rings is 1. The van der Waals surface area contributed by atoms with E-state index in [1.165, 1.54) is 0 Å². The molecule has 2 aromatic carbocycles. The highest BCUT2D eigenvalue weighted by atomic mass is 35.5. The zero-order valence-electron chi connectivity index (χ0n) is 11.5. The molecule has 1 aromatic heterocycles. The molecule has 1 unspecified atom stereocenters. The van der Waals surface area contributed by atoms with E-state index in [9.17, 15) is 0 Å². The van der Waals surface area contributed by atoms with Crippen molar-refractivity contribution in [1.29, 1.82) is 0 Å². The first kappa shape index (κ1) is 14.3. The van der Waals surface area contributed by atoms with Crippen LogP contribution >= 0.6 is 22.9 Å². The van der Waals surface area contributed by atoms with Crippen LogP contribution in [-0.2, 0) is 6.42 Å². The van der Waals surface area contributed by atoms with Gasteiger partial charge in [-0.15, -0.1) is 11.3 Å². The number of rotatable bonds is 4. The number of benzene rings is 2. The number of ether oxygens (including phenoxy) is 1. The number of nitrogens with two attached hydrogens (primary N) is 1. The van der Waals surface area contributed by atoms with E-state index < -0.39 is 0 Å². The molecule has 0 saturated carbocycles. The van der Waals surface area contributed by atoms with Gasteiger partial charge in [-0.3, -0.25) is 0 Å². The Morgan fingerprint density at radius 1 is 1.29 bits per heavy atom. The van der Waals surface area contributed by atoms with Crippen molar-refractivity contribution in [2.24, 2.45) is 5.73 Å². The fraction of sp³-hybridized carbons (Fsp3) is 0.188. The Balaban J connectivity index is 1.82. The van der Waals surface area contributed by atoms with Crippen LogP contribution in [0.25, 0.3) is 10.2 Å². The number of aromatic nitrogens is 1. The second-order valence-electron chi connectivity index (χ2n) is 4.80. The van der Waals surface area contributed by atoms with E-state index in [1.54, 1.807) is 18.4 Å². The monoisotopic (exact) mass is 318 g/mol. The van der Waals surface area contributed by atoms with Gasteiger partial charge in [-0.1, -0.05) is 29.8 Å². The molecule has 0 fully saturated rings. The summed E-state index contributed by atoms with van der Waals surface area (Å²) in [7, 11) is 1.60. The van der Waals surface area contributed by atoms with Gasteiger partial charge in [-0.05, 0) is 36.2 Å². The van der Waals surface area contributed by atoms with Crippen molar-refractivity contribution in [2.45, 2.75) is 12.5 Å². The summed E-state index contributed by atoms with van der Waals surface area (Å²) in [6.45, 7) is 0. The molecule has 0 saturated heterocycles. The number of para-hydroxylation sites is 1. The average molecular weight is 319 g/mol. The van der Waals surface area contributed by atoms with Gasteiger partial charge in [0.25, 0.3) is 0 Å². The molecule has 3 aromatic rings. The molecule has 0 radical (unpaired) electrons. The molecule has 108 valence electrons. The van der Waals surface area contributed by atoms with Crippen LogP contribution in [0, 0.1) is 0 Å². The lowest BCUT2D eigenvalue weighted by molar-refractivity contribution is 0.415. The van der Waals surface area contributed by atoms with Crippen molar-refractivity contribution in [1.82, 2.24) is 4.98 Å². The second-order valence-corrected chi connectivity index (χ2v) is 6.27. The fourth-order valence-corrected chi connectivity index (χ4v) is 3.48. The van der Waals surface area contributed by atoms with Crippen molar-refractivity contribution in [3.05, 3.63) is 58.1 Å². The summed E-state index contributed by atoms with van der Waals surface area (Å²) in [5, 5.41) is 1.55. The minimum absolute atomic E-state index is 0.133.